The fraction of sp³-hybridized carbons (Fsp3) is 0.417. The lowest BCUT2D eigenvalue weighted by molar-refractivity contribution is -0.116. The summed E-state index contributed by atoms with van der Waals surface area (Å²) in [6.45, 7) is 0.684. The maximum Gasteiger partial charge on any atom is 0.244 e. The van der Waals surface area contributed by atoms with Gasteiger partial charge in [0.2, 0.25) is 5.91 Å². The highest BCUT2D eigenvalue weighted by atomic mass is 16.5. The summed E-state index contributed by atoms with van der Waals surface area (Å²) in [5.74, 6) is 0.408. The molecule has 1 heterocycles. The van der Waals surface area contributed by atoms with Crippen LogP contribution in [-0.2, 0) is 9.53 Å². The Hall–Kier alpha value is -1.59. The highest BCUT2D eigenvalue weighted by Crippen LogP contribution is 2.01. The van der Waals surface area contributed by atoms with Crippen molar-refractivity contribution in [3.8, 4) is 0 Å². The Bertz CT molecular complexity index is 345. The van der Waals surface area contributed by atoms with Crippen LogP contribution >= 0.6 is 0 Å². The Kier molecular flexibility index (Phi) is 6.06. The molecule has 0 saturated carbocycles. The van der Waals surface area contributed by atoms with Crippen molar-refractivity contribution in [2.24, 2.45) is 0 Å². The molecule has 0 aromatic carbocycles. The van der Waals surface area contributed by atoms with Gasteiger partial charge in [-0.15, -0.1) is 0 Å². The fourth-order valence-electron chi connectivity index (χ4n) is 1.24. The zero-order valence-corrected chi connectivity index (χ0v) is 9.76. The summed E-state index contributed by atoms with van der Waals surface area (Å²) in [7, 11) is 1.52. The van der Waals surface area contributed by atoms with Gasteiger partial charge in [-0.2, -0.15) is 0 Å². The highest BCUT2D eigenvalue weighted by Gasteiger charge is 2.03. The average molecular weight is 239 g/mol. The number of aliphatic hydroxyl groups is 1. The van der Waals surface area contributed by atoms with Crippen molar-refractivity contribution >= 4 is 12.0 Å². The molecule has 0 aliphatic heterocycles. The van der Waals surface area contributed by atoms with E-state index in [0.29, 0.717) is 18.7 Å². The Morgan fingerprint density at radius 2 is 2.53 bits per heavy atom. The second kappa shape index (κ2) is 7.65. The number of hydrogen-bond donors (Lipinski definition) is 2. The summed E-state index contributed by atoms with van der Waals surface area (Å²) in [6, 6.07) is 3.50. The summed E-state index contributed by atoms with van der Waals surface area (Å²) in [4.78, 5) is 11.3. The van der Waals surface area contributed by atoms with Crippen molar-refractivity contribution in [3.05, 3.63) is 30.2 Å². The Labute approximate surface area is 100 Å². The number of rotatable bonds is 7. The van der Waals surface area contributed by atoms with E-state index in [1.54, 1.807) is 24.5 Å². The molecule has 0 aliphatic carbocycles. The number of aliphatic hydroxyl groups excluding tert-OH is 1. The van der Waals surface area contributed by atoms with E-state index in [4.69, 9.17) is 9.15 Å². The molecule has 1 aromatic rings. The van der Waals surface area contributed by atoms with Crippen LogP contribution in [0.2, 0.25) is 0 Å². The number of methoxy groups -OCH3 is 1. The number of hydrogen-bond acceptors (Lipinski definition) is 4. The number of furan rings is 1. The van der Waals surface area contributed by atoms with E-state index < -0.39 is 6.10 Å². The van der Waals surface area contributed by atoms with Crippen molar-refractivity contribution < 1.29 is 19.1 Å². The fourth-order valence-corrected chi connectivity index (χ4v) is 1.24. The first-order valence-electron chi connectivity index (χ1n) is 5.39. The second-order valence-corrected chi connectivity index (χ2v) is 3.54. The predicted molar refractivity (Wildman–Crippen MR) is 63.3 cm³/mol. The van der Waals surface area contributed by atoms with Crippen LogP contribution in [0.25, 0.3) is 6.08 Å². The zero-order chi connectivity index (χ0) is 12.5. The van der Waals surface area contributed by atoms with Crippen LogP contribution in [0.3, 0.4) is 0 Å². The van der Waals surface area contributed by atoms with E-state index in [9.17, 15) is 9.90 Å². The van der Waals surface area contributed by atoms with Crippen LogP contribution in [0.5, 0.6) is 0 Å². The first kappa shape index (κ1) is 13.5. The lowest BCUT2D eigenvalue weighted by atomic mass is 10.2. The van der Waals surface area contributed by atoms with Gasteiger partial charge >= 0.3 is 0 Å². The number of carbonyl (C=O) groups is 1. The first-order valence-corrected chi connectivity index (χ1v) is 5.39. The van der Waals surface area contributed by atoms with E-state index in [0.717, 1.165) is 0 Å². The number of nitrogens with one attached hydrogen (secondary N) is 1. The van der Waals surface area contributed by atoms with Crippen LogP contribution in [-0.4, -0.2) is 37.4 Å². The molecule has 1 amide bonds. The molecule has 0 saturated heterocycles. The first-order chi connectivity index (χ1) is 8.22. The maximum atomic E-state index is 11.3. The molecule has 1 aromatic heterocycles. The van der Waals surface area contributed by atoms with Crippen LogP contribution in [0, 0.1) is 0 Å². The van der Waals surface area contributed by atoms with Crippen molar-refractivity contribution in [3.63, 3.8) is 0 Å². The molecule has 0 aliphatic rings. The molecule has 0 fully saturated rings. The highest BCUT2D eigenvalue weighted by molar-refractivity contribution is 5.91. The molecule has 5 heteroatoms. The van der Waals surface area contributed by atoms with Crippen LogP contribution in [0.1, 0.15) is 12.2 Å². The van der Waals surface area contributed by atoms with E-state index in [1.807, 2.05) is 0 Å². The Balaban J connectivity index is 2.17. The van der Waals surface area contributed by atoms with Gasteiger partial charge in [0.25, 0.3) is 0 Å². The normalized spacial score (nSPS) is 12.8. The van der Waals surface area contributed by atoms with Crippen molar-refractivity contribution in [2.75, 3.05) is 20.3 Å². The molecule has 0 radical (unpaired) electrons. The Morgan fingerprint density at radius 1 is 1.71 bits per heavy atom. The predicted octanol–water partition coefficient (Wildman–Crippen LogP) is 0.806. The minimum Gasteiger partial charge on any atom is -0.465 e. The number of ether oxygens (including phenoxy) is 1. The van der Waals surface area contributed by atoms with E-state index in [-0.39, 0.29) is 12.5 Å². The van der Waals surface area contributed by atoms with Crippen LogP contribution < -0.4 is 5.32 Å². The topological polar surface area (TPSA) is 71.7 Å². The summed E-state index contributed by atoms with van der Waals surface area (Å²) in [6.07, 6.45) is 4.43. The molecule has 0 bridgehead atoms. The number of amides is 1. The maximum absolute atomic E-state index is 11.3. The molecule has 1 rings (SSSR count). The van der Waals surface area contributed by atoms with Gasteiger partial charge in [0.1, 0.15) is 5.76 Å². The molecule has 0 spiro atoms. The second-order valence-electron chi connectivity index (χ2n) is 3.54. The minimum atomic E-state index is -0.547. The van der Waals surface area contributed by atoms with Crippen molar-refractivity contribution in [2.45, 2.75) is 12.5 Å². The minimum absolute atomic E-state index is 0.217. The van der Waals surface area contributed by atoms with Gasteiger partial charge in [0.05, 0.1) is 19.0 Å². The summed E-state index contributed by atoms with van der Waals surface area (Å²) < 4.78 is 9.80. The molecule has 17 heavy (non-hydrogen) atoms. The van der Waals surface area contributed by atoms with Gasteiger partial charge in [-0.05, 0) is 24.6 Å². The molecule has 5 nitrogen and oxygen atoms in total. The van der Waals surface area contributed by atoms with Crippen LogP contribution in [0.4, 0.5) is 0 Å². The molecule has 94 valence electrons. The lowest BCUT2D eigenvalue weighted by Gasteiger charge is -2.08. The SMILES string of the molecule is COCC(O)CCNC(=O)/C=C/c1ccco1. The molecular weight excluding hydrogens is 222 g/mol. The van der Waals surface area contributed by atoms with Gasteiger partial charge in [-0.3, -0.25) is 4.79 Å². The van der Waals surface area contributed by atoms with Crippen LogP contribution in [0.15, 0.2) is 28.9 Å². The van der Waals surface area contributed by atoms with Gasteiger partial charge in [-0.25, -0.2) is 0 Å². The third kappa shape index (κ3) is 5.89. The zero-order valence-electron chi connectivity index (χ0n) is 9.76. The van der Waals surface area contributed by atoms with Gasteiger partial charge in [0.15, 0.2) is 0 Å². The molecular formula is C12H17NO4. The van der Waals surface area contributed by atoms with E-state index in [2.05, 4.69) is 5.32 Å². The third-order valence-electron chi connectivity index (χ3n) is 2.08. The molecule has 2 N–H and O–H groups in total. The standard InChI is InChI=1S/C12H17NO4/c1-16-9-10(14)6-7-13-12(15)5-4-11-3-2-8-17-11/h2-5,8,10,14H,6-7,9H2,1H3,(H,13,15)/b5-4+. The van der Waals surface area contributed by atoms with E-state index >= 15 is 0 Å². The van der Waals surface area contributed by atoms with Crippen molar-refractivity contribution in [1.29, 1.82) is 0 Å². The average Bonchev–Trinajstić information content (AvgIpc) is 2.79. The third-order valence-corrected chi connectivity index (χ3v) is 2.08. The summed E-state index contributed by atoms with van der Waals surface area (Å²) in [5, 5.41) is 12.0. The summed E-state index contributed by atoms with van der Waals surface area (Å²) >= 11 is 0. The Morgan fingerprint density at radius 3 is 3.18 bits per heavy atom. The van der Waals surface area contributed by atoms with Gasteiger partial charge < -0.3 is 19.6 Å². The molecule has 1 atom stereocenters. The summed E-state index contributed by atoms with van der Waals surface area (Å²) in [5.41, 5.74) is 0. The smallest absolute Gasteiger partial charge is 0.244 e. The number of carbonyl (C=O) groups excluding carboxylic acids is 1. The molecule has 1 unspecified atom stereocenters. The monoisotopic (exact) mass is 239 g/mol. The van der Waals surface area contributed by atoms with Gasteiger partial charge in [-0.1, -0.05) is 0 Å². The lowest BCUT2D eigenvalue weighted by Crippen LogP contribution is -2.27. The van der Waals surface area contributed by atoms with E-state index in [1.165, 1.54) is 13.2 Å². The largest absolute Gasteiger partial charge is 0.465 e. The van der Waals surface area contributed by atoms with Gasteiger partial charge in [0, 0.05) is 19.7 Å². The quantitative estimate of drug-likeness (QED) is 0.691. The van der Waals surface area contributed by atoms with Crippen molar-refractivity contribution in [1.82, 2.24) is 5.32 Å².